The number of ether oxygens (including phenoxy) is 1. The van der Waals surface area contributed by atoms with Crippen molar-refractivity contribution in [2.45, 2.75) is 31.2 Å². The fourth-order valence-corrected chi connectivity index (χ4v) is 2.62. The second kappa shape index (κ2) is 5.14. The van der Waals surface area contributed by atoms with Gasteiger partial charge in [-0.1, -0.05) is 0 Å². The van der Waals surface area contributed by atoms with Gasteiger partial charge in [0.15, 0.2) is 0 Å². The average molecular weight is 327 g/mol. The zero-order valence-electron chi connectivity index (χ0n) is 12.4. The highest BCUT2D eigenvalue weighted by Crippen LogP contribution is 2.49. The fourth-order valence-electron chi connectivity index (χ4n) is 2.62. The highest BCUT2D eigenvalue weighted by molar-refractivity contribution is 5.95. The van der Waals surface area contributed by atoms with Gasteiger partial charge in [-0.25, -0.2) is 18.2 Å². The van der Waals surface area contributed by atoms with Gasteiger partial charge in [-0.3, -0.25) is 4.79 Å². The third kappa shape index (κ3) is 2.97. The molecule has 3 rings (SSSR count). The van der Waals surface area contributed by atoms with Gasteiger partial charge in [0.2, 0.25) is 5.91 Å². The molecule has 1 aromatic rings. The van der Waals surface area contributed by atoms with Crippen LogP contribution >= 0.6 is 0 Å². The number of halogens is 3. The number of aliphatic imine (C=N–C) groups is 1. The summed E-state index contributed by atoms with van der Waals surface area (Å²) in [5.74, 6) is -5.55. The zero-order chi connectivity index (χ0) is 16.8. The summed E-state index contributed by atoms with van der Waals surface area (Å²) in [6, 6.07) is 3.86. The molecule has 3 N–H and O–H groups in total. The summed E-state index contributed by atoms with van der Waals surface area (Å²) < 4.78 is 45.1. The van der Waals surface area contributed by atoms with E-state index in [0.717, 1.165) is 0 Å². The molecule has 0 radical (unpaired) electrons. The number of amidine groups is 1. The van der Waals surface area contributed by atoms with E-state index >= 15 is 0 Å². The standard InChI is InChI=1S/C15H16F3N3O2/c1-14(4-5-23-13(19)21-14)9-6-8(2-3-11(9)16)20-12(22)10-7-15(10,17)18/h2-3,6,10H,4-5,7H2,1H3,(H2,19,21)(H,20,22)/t10?,14-/m0/s1. The number of hydrogen-bond donors (Lipinski definition) is 2. The summed E-state index contributed by atoms with van der Waals surface area (Å²) in [4.78, 5) is 15.9. The molecule has 1 fully saturated rings. The number of hydrogen-bond acceptors (Lipinski definition) is 4. The summed E-state index contributed by atoms with van der Waals surface area (Å²) in [5, 5.41) is 2.40. The molecule has 124 valence electrons. The van der Waals surface area contributed by atoms with Crippen LogP contribution < -0.4 is 11.1 Å². The van der Waals surface area contributed by atoms with E-state index in [9.17, 15) is 18.0 Å². The molecular weight excluding hydrogens is 311 g/mol. The second-order valence-corrected chi connectivity index (χ2v) is 6.02. The molecule has 23 heavy (non-hydrogen) atoms. The molecule has 8 heteroatoms. The van der Waals surface area contributed by atoms with Crippen LogP contribution in [0.25, 0.3) is 0 Å². The van der Waals surface area contributed by atoms with E-state index in [1.54, 1.807) is 6.92 Å². The van der Waals surface area contributed by atoms with Gasteiger partial charge in [-0.05, 0) is 25.1 Å². The Morgan fingerprint density at radius 1 is 1.48 bits per heavy atom. The number of alkyl halides is 2. The largest absolute Gasteiger partial charge is 0.465 e. The maximum Gasteiger partial charge on any atom is 0.282 e. The third-order valence-corrected chi connectivity index (χ3v) is 4.15. The SMILES string of the molecule is C[C@@]1(c2cc(NC(=O)C3CC3(F)F)ccc2F)CCOC(N)=N1. The van der Waals surface area contributed by atoms with E-state index in [1.165, 1.54) is 18.2 Å². The fraction of sp³-hybridized carbons (Fsp3) is 0.467. The Balaban J connectivity index is 1.85. The number of nitrogens with one attached hydrogen (secondary N) is 1. The van der Waals surface area contributed by atoms with Crippen molar-refractivity contribution in [3.63, 3.8) is 0 Å². The van der Waals surface area contributed by atoms with Crippen molar-refractivity contribution in [1.82, 2.24) is 0 Å². The molecule has 1 amide bonds. The van der Waals surface area contributed by atoms with E-state index < -0.39 is 35.5 Å². The Hall–Kier alpha value is -2.25. The maximum absolute atomic E-state index is 14.2. The van der Waals surface area contributed by atoms with Crippen LogP contribution in [0.5, 0.6) is 0 Å². The average Bonchev–Trinajstić information content (AvgIpc) is 3.10. The lowest BCUT2D eigenvalue weighted by Gasteiger charge is -2.30. The minimum absolute atomic E-state index is 0.0368. The van der Waals surface area contributed by atoms with Crippen molar-refractivity contribution < 1.29 is 22.7 Å². The molecule has 2 aliphatic rings. The first-order valence-electron chi connectivity index (χ1n) is 7.18. The number of rotatable bonds is 3. The predicted octanol–water partition coefficient (Wildman–Crippen LogP) is 2.37. The van der Waals surface area contributed by atoms with Crippen molar-refractivity contribution in [2.75, 3.05) is 11.9 Å². The minimum atomic E-state index is -2.95. The first-order chi connectivity index (χ1) is 10.7. The van der Waals surface area contributed by atoms with Gasteiger partial charge in [-0.2, -0.15) is 0 Å². The Labute approximate surface area is 130 Å². The molecular formula is C15H16F3N3O2. The molecule has 1 aliphatic carbocycles. The van der Waals surface area contributed by atoms with Crippen LogP contribution in [0.15, 0.2) is 23.2 Å². The van der Waals surface area contributed by atoms with Crippen LogP contribution in [0.2, 0.25) is 0 Å². The van der Waals surface area contributed by atoms with Crippen molar-refractivity contribution in [3.05, 3.63) is 29.6 Å². The quantitative estimate of drug-likeness (QED) is 0.895. The van der Waals surface area contributed by atoms with Crippen LogP contribution in [0.4, 0.5) is 18.9 Å². The summed E-state index contributed by atoms with van der Waals surface area (Å²) in [7, 11) is 0. The lowest BCUT2D eigenvalue weighted by molar-refractivity contribution is -0.119. The molecule has 0 spiro atoms. The van der Waals surface area contributed by atoms with Gasteiger partial charge in [0.25, 0.3) is 11.9 Å². The van der Waals surface area contributed by atoms with Crippen molar-refractivity contribution in [2.24, 2.45) is 16.6 Å². The van der Waals surface area contributed by atoms with E-state index in [2.05, 4.69) is 10.3 Å². The smallest absolute Gasteiger partial charge is 0.282 e. The molecule has 1 aromatic carbocycles. The van der Waals surface area contributed by atoms with E-state index in [-0.39, 0.29) is 23.9 Å². The number of anilines is 1. The van der Waals surface area contributed by atoms with E-state index in [0.29, 0.717) is 6.42 Å². The molecule has 0 saturated heterocycles. The van der Waals surface area contributed by atoms with Gasteiger partial charge in [0.1, 0.15) is 11.7 Å². The summed E-state index contributed by atoms with van der Waals surface area (Å²) >= 11 is 0. The third-order valence-electron chi connectivity index (χ3n) is 4.15. The van der Waals surface area contributed by atoms with Gasteiger partial charge >= 0.3 is 0 Å². The lowest BCUT2D eigenvalue weighted by Crippen LogP contribution is -2.34. The summed E-state index contributed by atoms with van der Waals surface area (Å²) in [5.41, 5.74) is 5.08. The lowest BCUT2D eigenvalue weighted by atomic mass is 9.88. The maximum atomic E-state index is 14.2. The molecule has 1 aliphatic heterocycles. The zero-order valence-corrected chi connectivity index (χ0v) is 12.4. The number of amides is 1. The Kier molecular flexibility index (Phi) is 3.50. The normalized spacial score (nSPS) is 28.5. The minimum Gasteiger partial charge on any atom is -0.465 e. The molecule has 0 bridgehead atoms. The van der Waals surface area contributed by atoms with E-state index in [1.807, 2.05) is 0 Å². The number of carbonyl (C=O) groups is 1. The Morgan fingerprint density at radius 2 is 2.17 bits per heavy atom. The number of benzene rings is 1. The van der Waals surface area contributed by atoms with Crippen molar-refractivity contribution >= 4 is 17.6 Å². The first-order valence-corrected chi connectivity index (χ1v) is 7.18. The Morgan fingerprint density at radius 3 is 2.78 bits per heavy atom. The van der Waals surface area contributed by atoms with Gasteiger partial charge < -0.3 is 15.8 Å². The molecule has 0 aromatic heterocycles. The molecule has 1 saturated carbocycles. The van der Waals surface area contributed by atoms with Gasteiger partial charge in [0.05, 0.1) is 12.1 Å². The molecule has 1 heterocycles. The predicted molar refractivity (Wildman–Crippen MR) is 77.6 cm³/mol. The summed E-state index contributed by atoms with van der Waals surface area (Å²) in [6.45, 7) is 1.98. The van der Waals surface area contributed by atoms with Crippen LogP contribution in [-0.4, -0.2) is 24.5 Å². The highest BCUT2D eigenvalue weighted by Gasteiger charge is 2.61. The summed E-state index contributed by atoms with van der Waals surface area (Å²) in [6.07, 6.45) is -0.0501. The first kappa shape index (κ1) is 15.6. The monoisotopic (exact) mass is 327 g/mol. The van der Waals surface area contributed by atoms with Crippen LogP contribution in [0, 0.1) is 11.7 Å². The topological polar surface area (TPSA) is 76.7 Å². The van der Waals surface area contributed by atoms with Crippen molar-refractivity contribution in [1.29, 1.82) is 0 Å². The van der Waals surface area contributed by atoms with E-state index in [4.69, 9.17) is 10.5 Å². The molecule has 1 unspecified atom stereocenters. The molecule has 5 nitrogen and oxygen atoms in total. The number of carbonyl (C=O) groups excluding carboxylic acids is 1. The van der Waals surface area contributed by atoms with Crippen LogP contribution in [-0.2, 0) is 15.1 Å². The van der Waals surface area contributed by atoms with Crippen LogP contribution in [0.1, 0.15) is 25.3 Å². The highest BCUT2D eigenvalue weighted by atomic mass is 19.3. The van der Waals surface area contributed by atoms with Crippen LogP contribution in [0.3, 0.4) is 0 Å². The number of nitrogens with two attached hydrogens (primary N) is 1. The second-order valence-electron chi connectivity index (χ2n) is 6.02. The van der Waals surface area contributed by atoms with Crippen molar-refractivity contribution in [3.8, 4) is 0 Å². The molecule has 2 atom stereocenters. The number of nitrogens with zero attached hydrogens (tertiary/aromatic N) is 1. The van der Waals surface area contributed by atoms with Gasteiger partial charge in [0, 0.05) is 24.1 Å². The van der Waals surface area contributed by atoms with Gasteiger partial charge in [-0.15, -0.1) is 0 Å². The Bertz CT molecular complexity index is 693.